The molecule has 0 aliphatic carbocycles. The SMILES string of the molecule is Cc1cn2cc(NC(=O)c3sc(N(C)C4CCN(C)CC4)cc3F)cc(F)c2n1. The van der Waals surface area contributed by atoms with Crippen LogP contribution in [0.15, 0.2) is 24.5 Å². The number of nitrogens with zero attached hydrogens (tertiary/aromatic N) is 4. The Labute approximate surface area is 171 Å². The number of aryl methyl sites for hydroxylation is 1. The first-order valence-electron chi connectivity index (χ1n) is 9.48. The van der Waals surface area contributed by atoms with Gasteiger partial charge in [0, 0.05) is 37.6 Å². The van der Waals surface area contributed by atoms with Gasteiger partial charge in [0.25, 0.3) is 5.91 Å². The van der Waals surface area contributed by atoms with Gasteiger partial charge in [0.15, 0.2) is 11.5 Å². The van der Waals surface area contributed by atoms with Gasteiger partial charge in [-0.25, -0.2) is 13.8 Å². The summed E-state index contributed by atoms with van der Waals surface area (Å²) < 4.78 is 30.2. The van der Waals surface area contributed by atoms with Crippen molar-refractivity contribution >= 4 is 33.6 Å². The topological polar surface area (TPSA) is 52.9 Å². The standard InChI is InChI=1S/C20H23F2N5OS/c1-12-10-27-11-13(8-16(22)19(27)23-12)24-20(28)18-15(21)9-17(29-18)26(3)14-4-6-25(2)7-5-14/h8-11,14H,4-7H2,1-3H3,(H,24,28). The third-order valence-corrected chi connectivity index (χ3v) is 6.55. The Hall–Kier alpha value is -2.52. The molecule has 1 N–H and O–H groups in total. The summed E-state index contributed by atoms with van der Waals surface area (Å²) in [5.74, 6) is -1.71. The molecule has 4 rings (SSSR count). The molecule has 0 aromatic carbocycles. The maximum absolute atomic E-state index is 14.5. The highest BCUT2D eigenvalue weighted by Gasteiger charge is 2.25. The number of aromatic nitrogens is 2. The summed E-state index contributed by atoms with van der Waals surface area (Å²) in [5.41, 5.74) is 1.10. The molecule has 0 radical (unpaired) electrons. The van der Waals surface area contributed by atoms with Crippen LogP contribution in [-0.4, -0.2) is 53.4 Å². The number of anilines is 2. The van der Waals surface area contributed by atoms with Gasteiger partial charge in [-0.1, -0.05) is 0 Å². The lowest BCUT2D eigenvalue weighted by Gasteiger charge is -2.35. The number of rotatable bonds is 4. The van der Waals surface area contributed by atoms with Crippen molar-refractivity contribution in [3.8, 4) is 0 Å². The molecule has 4 heterocycles. The Balaban J connectivity index is 1.52. The van der Waals surface area contributed by atoms with E-state index in [9.17, 15) is 13.6 Å². The van der Waals surface area contributed by atoms with Crippen molar-refractivity contribution in [1.82, 2.24) is 14.3 Å². The van der Waals surface area contributed by atoms with Gasteiger partial charge >= 0.3 is 0 Å². The van der Waals surface area contributed by atoms with Crippen LogP contribution in [0.3, 0.4) is 0 Å². The molecule has 1 aliphatic heterocycles. The second-order valence-corrected chi connectivity index (χ2v) is 8.58. The zero-order chi connectivity index (χ0) is 20.7. The fourth-order valence-electron chi connectivity index (χ4n) is 3.68. The van der Waals surface area contributed by atoms with Crippen LogP contribution in [0, 0.1) is 18.6 Å². The largest absolute Gasteiger partial charge is 0.363 e. The predicted molar refractivity (Wildman–Crippen MR) is 111 cm³/mol. The van der Waals surface area contributed by atoms with Crippen molar-refractivity contribution in [2.24, 2.45) is 0 Å². The number of fused-ring (bicyclic) bond motifs is 1. The molecule has 3 aromatic rings. The van der Waals surface area contributed by atoms with E-state index in [0.717, 1.165) is 37.3 Å². The second-order valence-electron chi connectivity index (χ2n) is 7.55. The lowest BCUT2D eigenvalue weighted by atomic mass is 10.0. The van der Waals surface area contributed by atoms with Crippen LogP contribution in [0.2, 0.25) is 0 Å². The van der Waals surface area contributed by atoms with Gasteiger partial charge in [-0.15, -0.1) is 11.3 Å². The van der Waals surface area contributed by atoms with E-state index in [0.29, 0.717) is 16.7 Å². The highest BCUT2D eigenvalue weighted by atomic mass is 32.1. The van der Waals surface area contributed by atoms with Crippen LogP contribution >= 0.6 is 11.3 Å². The molecule has 0 atom stereocenters. The van der Waals surface area contributed by atoms with Crippen molar-refractivity contribution < 1.29 is 13.6 Å². The Morgan fingerprint density at radius 2 is 1.97 bits per heavy atom. The number of piperidine rings is 1. The average Bonchev–Trinajstić information content (AvgIpc) is 3.24. The molecule has 0 bridgehead atoms. The number of hydrogen-bond acceptors (Lipinski definition) is 5. The molecule has 9 heteroatoms. The van der Waals surface area contributed by atoms with E-state index >= 15 is 0 Å². The van der Waals surface area contributed by atoms with E-state index in [2.05, 4.69) is 27.1 Å². The van der Waals surface area contributed by atoms with Crippen LogP contribution in [-0.2, 0) is 0 Å². The van der Waals surface area contributed by atoms with Crippen molar-refractivity contribution in [3.63, 3.8) is 0 Å². The van der Waals surface area contributed by atoms with Crippen LogP contribution < -0.4 is 10.2 Å². The number of imidazole rings is 1. The van der Waals surface area contributed by atoms with Gasteiger partial charge in [-0.3, -0.25) is 4.79 Å². The number of pyridine rings is 1. The van der Waals surface area contributed by atoms with Gasteiger partial charge in [0.05, 0.1) is 16.4 Å². The van der Waals surface area contributed by atoms with Gasteiger partial charge in [-0.05, 0) is 39.9 Å². The lowest BCUT2D eigenvalue weighted by molar-refractivity contribution is 0.102. The van der Waals surface area contributed by atoms with E-state index < -0.39 is 17.5 Å². The normalized spacial score (nSPS) is 15.8. The Kier molecular flexibility index (Phi) is 5.26. The highest BCUT2D eigenvalue weighted by Crippen LogP contribution is 2.32. The van der Waals surface area contributed by atoms with Crippen LogP contribution in [0.25, 0.3) is 5.65 Å². The van der Waals surface area contributed by atoms with Crippen molar-refractivity contribution in [2.45, 2.75) is 25.8 Å². The zero-order valence-corrected chi connectivity index (χ0v) is 17.4. The van der Waals surface area contributed by atoms with Gasteiger partial charge < -0.3 is 19.5 Å². The lowest BCUT2D eigenvalue weighted by Crippen LogP contribution is -2.41. The minimum Gasteiger partial charge on any atom is -0.363 e. The number of thiophene rings is 1. The zero-order valence-electron chi connectivity index (χ0n) is 16.6. The fourth-order valence-corrected chi connectivity index (χ4v) is 4.65. The molecule has 1 aliphatic rings. The molecule has 0 unspecified atom stereocenters. The van der Waals surface area contributed by atoms with Crippen molar-refractivity contribution in [2.75, 3.05) is 37.4 Å². The fraction of sp³-hybridized carbons (Fsp3) is 0.400. The Morgan fingerprint density at radius 3 is 2.69 bits per heavy atom. The summed E-state index contributed by atoms with van der Waals surface area (Å²) >= 11 is 1.11. The molecular formula is C20H23F2N5OS. The van der Waals surface area contributed by atoms with Crippen molar-refractivity contribution in [1.29, 1.82) is 0 Å². The van der Waals surface area contributed by atoms with Gasteiger partial charge in [0.2, 0.25) is 0 Å². The summed E-state index contributed by atoms with van der Waals surface area (Å²) in [7, 11) is 4.03. The quantitative estimate of drug-likeness (QED) is 0.700. The van der Waals surface area contributed by atoms with E-state index in [1.807, 2.05) is 7.05 Å². The van der Waals surface area contributed by atoms with Gasteiger partial charge in [-0.2, -0.15) is 0 Å². The predicted octanol–water partition coefficient (Wildman–Crippen LogP) is 3.77. The van der Waals surface area contributed by atoms with Crippen LogP contribution in [0.1, 0.15) is 28.2 Å². The summed E-state index contributed by atoms with van der Waals surface area (Å²) in [6.07, 6.45) is 5.22. The molecular weight excluding hydrogens is 396 g/mol. The number of carbonyl (C=O) groups excluding carboxylic acids is 1. The van der Waals surface area contributed by atoms with E-state index in [-0.39, 0.29) is 16.2 Å². The van der Waals surface area contributed by atoms with Crippen LogP contribution in [0.4, 0.5) is 19.5 Å². The third kappa shape index (κ3) is 3.97. The van der Waals surface area contributed by atoms with E-state index in [1.165, 1.54) is 16.5 Å². The first kappa shape index (κ1) is 19.8. The summed E-state index contributed by atoms with van der Waals surface area (Å²) in [4.78, 5) is 21.0. The first-order chi connectivity index (χ1) is 13.8. The van der Waals surface area contributed by atoms with Crippen LogP contribution in [0.5, 0.6) is 0 Å². The number of likely N-dealkylation sites (tertiary alicyclic amines) is 1. The molecule has 29 heavy (non-hydrogen) atoms. The molecule has 3 aromatic heterocycles. The van der Waals surface area contributed by atoms with E-state index in [1.54, 1.807) is 19.3 Å². The number of amides is 1. The molecule has 1 saturated heterocycles. The third-order valence-electron chi connectivity index (χ3n) is 5.35. The monoisotopic (exact) mass is 419 g/mol. The molecule has 1 fully saturated rings. The second kappa shape index (κ2) is 7.72. The maximum atomic E-state index is 14.5. The van der Waals surface area contributed by atoms with Gasteiger partial charge in [0.1, 0.15) is 10.7 Å². The highest BCUT2D eigenvalue weighted by molar-refractivity contribution is 7.18. The number of nitrogens with one attached hydrogen (secondary N) is 1. The smallest absolute Gasteiger partial charge is 0.268 e. The number of hydrogen-bond donors (Lipinski definition) is 1. The molecule has 1 amide bonds. The average molecular weight is 420 g/mol. The molecule has 0 saturated carbocycles. The maximum Gasteiger partial charge on any atom is 0.268 e. The Morgan fingerprint density at radius 1 is 1.24 bits per heavy atom. The first-order valence-corrected chi connectivity index (χ1v) is 10.3. The Bertz CT molecular complexity index is 1050. The van der Waals surface area contributed by atoms with E-state index in [4.69, 9.17) is 0 Å². The number of halogens is 2. The van der Waals surface area contributed by atoms with Crippen molar-refractivity contribution in [3.05, 3.63) is 46.7 Å². The summed E-state index contributed by atoms with van der Waals surface area (Å²) in [6.45, 7) is 3.75. The molecule has 154 valence electrons. The minimum absolute atomic E-state index is 0.0119. The minimum atomic E-state index is -0.592. The molecule has 0 spiro atoms. The molecule has 6 nitrogen and oxygen atoms in total. The number of carbonyl (C=O) groups is 1. The summed E-state index contributed by atoms with van der Waals surface area (Å²) in [5, 5.41) is 3.31. The summed E-state index contributed by atoms with van der Waals surface area (Å²) in [6, 6.07) is 2.92.